The predicted octanol–water partition coefficient (Wildman–Crippen LogP) is 8.28. The first-order chi connectivity index (χ1) is 12.7. The third-order valence-electron chi connectivity index (χ3n) is 5.59. The monoisotopic (exact) mass is 370 g/mol. The highest BCUT2D eigenvalue weighted by Crippen LogP contribution is 2.37. The van der Waals surface area contributed by atoms with Gasteiger partial charge in [-0.05, 0) is 33.1 Å². The van der Waals surface area contributed by atoms with Crippen molar-refractivity contribution in [3.63, 3.8) is 0 Å². The molecule has 0 saturated heterocycles. The van der Waals surface area contributed by atoms with Crippen LogP contribution in [-0.2, 0) is 9.47 Å². The molecule has 0 aromatic heterocycles. The molecule has 0 heterocycles. The van der Waals surface area contributed by atoms with Crippen LogP contribution in [0.3, 0.4) is 0 Å². The Morgan fingerprint density at radius 1 is 0.538 bits per heavy atom. The number of unbranched alkanes of at least 4 members (excludes halogenated alkanes) is 9. The summed E-state index contributed by atoms with van der Waals surface area (Å²) < 4.78 is 12.8. The maximum absolute atomic E-state index is 6.38. The van der Waals surface area contributed by atoms with Crippen molar-refractivity contribution >= 4 is 0 Å². The second kappa shape index (κ2) is 18.3. The second-order valence-corrected chi connectivity index (χ2v) is 7.88. The summed E-state index contributed by atoms with van der Waals surface area (Å²) >= 11 is 0. The van der Waals surface area contributed by atoms with Crippen LogP contribution in [0.2, 0.25) is 0 Å². The van der Waals surface area contributed by atoms with E-state index in [4.69, 9.17) is 9.47 Å². The Kier molecular flexibility index (Phi) is 18.2. The minimum atomic E-state index is -0.337. The van der Waals surface area contributed by atoms with Gasteiger partial charge in [0.1, 0.15) is 0 Å². The lowest BCUT2D eigenvalue weighted by Gasteiger charge is -2.41. The van der Waals surface area contributed by atoms with Gasteiger partial charge in [-0.15, -0.1) is 0 Å². The van der Waals surface area contributed by atoms with Crippen LogP contribution in [0.25, 0.3) is 0 Å². The first kappa shape index (κ1) is 25.9. The number of ether oxygens (including phenoxy) is 2. The third kappa shape index (κ3) is 11.6. The zero-order valence-corrected chi connectivity index (χ0v) is 18.9. The molecule has 1 unspecified atom stereocenters. The molecule has 1 atom stereocenters. The van der Waals surface area contributed by atoms with Crippen molar-refractivity contribution in [2.75, 3.05) is 13.2 Å². The first-order valence-electron chi connectivity index (χ1n) is 12.0. The van der Waals surface area contributed by atoms with Crippen LogP contribution in [0.4, 0.5) is 0 Å². The fraction of sp³-hybridized carbons (Fsp3) is 1.00. The lowest BCUT2D eigenvalue weighted by molar-refractivity contribution is -0.270. The summed E-state index contributed by atoms with van der Waals surface area (Å²) in [7, 11) is 0. The summed E-state index contributed by atoms with van der Waals surface area (Å²) in [6, 6.07) is 0. The standard InChI is InChI=1S/C24H50O2/c1-6-11-14-15-16-18-21-23(20-17-12-7-2)24(25-9-4,26-10-5)22-19-13-8-3/h23H,6-22H2,1-5H3. The van der Waals surface area contributed by atoms with Crippen LogP contribution in [-0.4, -0.2) is 19.0 Å². The molecule has 0 rings (SSSR count). The van der Waals surface area contributed by atoms with Crippen LogP contribution in [0.1, 0.15) is 131 Å². The quantitative estimate of drug-likeness (QED) is 0.158. The van der Waals surface area contributed by atoms with E-state index in [1.165, 1.54) is 89.9 Å². The van der Waals surface area contributed by atoms with Gasteiger partial charge in [-0.2, -0.15) is 0 Å². The minimum Gasteiger partial charge on any atom is -0.350 e. The van der Waals surface area contributed by atoms with E-state index in [-0.39, 0.29) is 5.79 Å². The molecule has 0 spiro atoms. The van der Waals surface area contributed by atoms with Crippen molar-refractivity contribution in [1.29, 1.82) is 0 Å². The van der Waals surface area contributed by atoms with Crippen molar-refractivity contribution < 1.29 is 9.47 Å². The highest BCUT2D eigenvalue weighted by molar-refractivity contribution is 4.81. The fourth-order valence-corrected chi connectivity index (χ4v) is 4.13. The van der Waals surface area contributed by atoms with Gasteiger partial charge in [0.15, 0.2) is 5.79 Å². The molecule has 0 saturated carbocycles. The van der Waals surface area contributed by atoms with Crippen LogP contribution >= 0.6 is 0 Å². The predicted molar refractivity (Wildman–Crippen MR) is 116 cm³/mol. The molecule has 0 aliphatic rings. The number of hydrogen-bond donors (Lipinski definition) is 0. The zero-order valence-electron chi connectivity index (χ0n) is 18.9. The lowest BCUT2D eigenvalue weighted by atomic mass is 9.84. The summed E-state index contributed by atoms with van der Waals surface area (Å²) in [5, 5.41) is 0. The topological polar surface area (TPSA) is 18.5 Å². The van der Waals surface area contributed by atoms with Crippen molar-refractivity contribution in [2.45, 2.75) is 137 Å². The van der Waals surface area contributed by atoms with E-state index < -0.39 is 0 Å². The van der Waals surface area contributed by atoms with E-state index in [1.54, 1.807) is 0 Å². The lowest BCUT2D eigenvalue weighted by Crippen LogP contribution is -2.44. The Labute approximate surface area is 165 Å². The zero-order chi connectivity index (χ0) is 19.5. The molecule has 2 heteroatoms. The maximum Gasteiger partial charge on any atom is 0.171 e. The van der Waals surface area contributed by atoms with Crippen molar-refractivity contribution in [3.8, 4) is 0 Å². The number of hydrogen-bond acceptors (Lipinski definition) is 2. The van der Waals surface area contributed by atoms with E-state index in [1.807, 2.05) is 0 Å². The molecule has 158 valence electrons. The summed E-state index contributed by atoms with van der Waals surface area (Å²) in [5.74, 6) is 0.215. The van der Waals surface area contributed by atoms with E-state index in [9.17, 15) is 0 Å². The molecular formula is C24H50O2. The van der Waals surface area contributed by atoms with E-state index in [0.717, 1.165) is 19.6 Å². The average Bonchev–Trinajstić information content (AvgIpc) is 2.63. The Bertz CT molecular complexity index is 271. The van der Waals surface area contributed by atoms with Crippen molar-refractivity contribution in [1.82, 2.24) is 0 Å². The van der Waals surface area contributed by atoms with E-state index >= 15 is 0 Å². The Morgan fingerprint density at radius 2 is 0.962 bits per heavy atom. The van der Waals surface area contributed by atoms with Gasteiger partial charge in [-0.1, -0.05) is 91.4 Å². The molecule has 0 N–H and O–H groups in total. The summed E-state index contributed by atoms with van der Waals surface area (Å²) in [6.45, 7) is 12.6. The van der Waals surface area contributed by atoms with Gasteiger partial charge in [0.2, 0.25) is 0 Å². The highest BCUT2D eigenvalue weighted by atomic mass is 16.7. The van der Waals surface area contributed by atoms with Gasteiger partial charge in [0, 0.05) is 25.6 Å². The molecule has 2 nitrogen and oxygen atoms in total. The van der Waals surface area contributed by atoms with Gasteiger partial charge >= 0.3 is 0 Å². The maximum atomic E-state index is 6.38. The van der Waals surface area contributed by atoms with E-state index in [0.29, 0.717) is 5.92 Å². The summed E-state index contributed by atoms with van der Waals surface area (Å²) in [5.41, 5.74) is 0. The molecule has 0 aromatic carbocycles. The second-order valence-electron chi connectivity index (χ2n) is 7.88. The Balaban J connectivity index is 4.89. The fourth-order valence-electron chi connectivity index (χ4n) is 4.13. The Morgan fingerprint density at radius 3 is 1.50 bits per heavy atom. The molecule has 0 bridgehead atoms. The van der Waals surface area contributed by atoms with Crippen LogP contribution in [0, 0.1) is 5.92 Å². The Hall–Kier alpha value is -0.0800. The van der Waals surface area contributed by atoms with Gasteiger partial charge in [0.05, 0.1) is 0 Å². The van der Waals surface area contributed by atoms with Gasteiger partial charge < -0.3 is 9.47 Å². The third-order valence-corrected chi connectivity index (χ3v) is 5.59. The van der Waals surface area contributed by atoms with Gasteiger partial charge in [-0.25, -0.2) is 0 Å². The minimum absolute atomic E-state index is 0.337. The first-order valence-corrected chi connectivity index (χ1v) is 12.0. The van der Waals surface area contributed by atoms with Gasteiger partial charge in [0.25, 0.3) is 0 Å². The van der Waals surface area contributed by atoms with Crippen molar-refractivity contribution in [2.24, 2.45) is 5.92 Å². The molecule has 26 heavy (non-hydrogen) atoms. The summed E-state index contributed by atoms with van der Waals surface area (Å²) in [6.07, 6.45) is 19.5. The van der Waals surface area contributed by atoms with Crippen molar-refractivity contribution in [3.05, 3.63) is 0 Å². The normalized spacial score (nSPS) is 13.3. The SMILES string of the molecule is CCCCCCCCC(CCCCC)C(CCCCC)(OCC)OCC. The van der Waals surface area contributed by atoms with E-state index in [2.05, 4.69) is 34.6 Å². The summed E-state index contributed by atoms with van der Waals surface area (Å²) in [4.78, 5) is 0. The molecule has 0 aromatic rings. The molecule has 0 radical (unpaired) electrons. The molecule has 0 aliphatic carbocycles. The van der Waals surface area contributed by atoms with Crippen LogP contribution in [0.5, 0.6) is 0 Å². The molecule has 0 fully saturated rings. The van der Waals surface area contributed by atoms with Crippen LogP contribution < -0.4 is 0 Å². The highest BCUT2D eigenvalue weighted by Gasteiger charge is 2.39. The smallest absolute Gasteiger partial charge is 0.171 e. The molecular weight excluding hydrogens is 320 g/mol. The van der Waals surface area contributed by atoms with Gasteiger partial charge in [-0.3, -0.25) is 0 Å². The molecule has 0 amide bonds. The molecule has 0 aliphatic heterocycles. The average molecular weight is 371 g/mol. The van der Waals surface area contributed by atoms with Crippen LogP contribution in [0.15, 0.2) is 0 Å². The largest absolute Gasteiger partial charge is 0.350 e. The number of rotatable bonds is 20.